The Morgan fingerprint density at radius 3 is 1.22 bits per heavy atom. The Bertz CT molecular complexity index is 892. The van der Waals surface area contributed by atoms with Gasteiger partial charge in [0.1, 0.15) is 0 Å². The number of hydrogen-bond acceptors (Lipinski definition) is 7. The first-order chi connectivity index (χ1) is 21.8. The van der Waals surface area contributed by atoms with Crippen LogP contribution < -0.4 is 0 Å². The highest BCUT2D eigenvalue weighted by atomic mass is 28.5. The lowest BCUT2D eigenvalue weighted by Gasteiger charge is -2.45. The van der Waals surface area contributed by atoms with Gasteiger partial charge in [0.25, 0.3) is 0 Å². The van der Waals surface area contributed by atoms with Crippen molar-refractivity contribution in [2.75, 3.05) is 13.5 Å². The second-order valence-electron chi connectivity index (χ2n) is 17.7. The van der Waals surface area contributed by atoms with Gasteiger partial charge in [-0.1, -0.05) is 19.3 Å². The summed E-state index contributed by atoms with van der Waals surface area (Å²) in [5, 5.41) is 0. The van der Waals surface area contributed by atoms with Crippen molar-refractivity contribution in [1.29, 1.82) is 0 Å². The third-order valence-electron chi connectivity index (χ3n) is 11.9. The van der Waals surface area contributed by atoms with E-state index in [4.69, 9.17) is 31.3 Å². The van der Waals surface area contributed by atoms with Crippen LogP contribution in [0.25, 0.3) is 0 Å². The van der Waals surface area contributed by atoms with Crippen molar-refractivity contribution in [3.8, 4) is 0 Å². The number of hydrogen-bond donors (Lipinski definition) is 0. The van der Waals surface area contributed by atoms with Crippen molar-refractivity contribution in [2.45, 2.75) is 184 Å². The van der Waals surface area contributed by atoms with E-state index in [1.165, 1.54) is 77.0 Å². The third kappa shape index (κ3) is 10.8. The van der Waals surface area contributed by atoms with Crippen LogP contribution in [0.5, 0.6) is 0 Å². The molecule has 266 valence electrons. The summed E-state index contributed by atoms with van der Waals surface area (Å²) < 4.78 is 58.4. The van der Waals surface area contributed by atoms with Crippen LogP contribution in [0.15, 0.2) is 0 Å². The Morgan fingerprint density at radius 2 is 0.891 bits per heavy atom. The molecule has 3 saturated carbocycles. The van der Waals surface area contributed by atoms with E-state index in [1.54, 1.807) is 0 Å². The van der Waals surface area contributed by atoms with Crippen molar-refractivity contribution in [2.24, 2.45) is 17.8 Å². The highest BCUT2D eigenvalue weighted by molar-refractivity contribution is 6.90. The van der Waals surface area contributed by atoms with Crippen LogP contribution in [0.1, 0.15) is 83.5 Å². The number of rotatable bonds is 20. The molecule has 9 atom stereocenters. The van der Waals surface area contributed by atoms with Crippen LogP contribution in [-0.2, 0) is 31.3 Å². The zero-order valence-electron chi connectivity index (χ0n) is 29.9. The third-order valence-corrected chi connectivity index (χ3v) is 27.8. The van der Waals surface area contributed by atoms with Gasteiger partial charge >= 0.3 is 8.80 Å². The maximum Gasteiger partial charge on any atom is 0.469 e. The van der Waals surface area contributed by atoms with Gasteiger partial charge in [0, 0.05) is 12.7 Å². The van der Waals surface area contributed by atoms with E-state index >= 15 is 0 Å². The van der Waals surface area contributed by atoms with Gasteiger partial charge in [-0.25, -0.2) is 4.39 Å². The summed E-state index contributed by atoms with van der Waals surface area (Å²) >= 11 is 0. The number of alkyl halides is 1. The van der Waals surface area contributed by atoms with Gasteiger partial charge in [-0.3, -0.25) is 0 Å². The predicted octanol–water partition coefficient (Wildman–Crippen LogP) is 8.80. The molecule has 0 spiro atoms. The summed E-state index contributed by atoms with van der Waals surface area (Å²) in [4.78, 5) is 0. The van der Waals surface area contributed by atoms with Gasteiger partial charge in [-0.2, -0.15) is 0 Å². The van der Waals surface area contributed by atoms with Crippen LogP contribution in [0.3, 0.4) is 0 Å². The van der Waals surface area contributed by atoms with Crippen LogP contribution in [-0.4, -0.2) is 83.8 Å². The minimum atomic E-state index is -3.12. The SMILES string of the molecule is C[Si](C)(CCC1CCC2OC2C1)O[Si](CCCOCF)(O[Si](C)(C)CCC1CCC2OC2C1)O[Si](C)(C)CCC1CCC2OC2C1. The van der Waals surface area contributed by atoms with Crippen molar-refractivity contribution in [1.82, 2.24) is 0 Å². The molecule has 3 saturated heterocycles. The monoisotopic (exact) mass is 716 g/mol. The van der Waals surface area contributed by atoms with E-state index in [-0.39, 0.29) is 0 Å². The first-order valence-corrected chi connectivity index (χ1v) is 30.3. The minimum absolute atomic E-state index is 0.382. The topological polar surface area (TPSA) is 74.5 Å². The first kappa shape index (κ1) is 36.3. The molecule has 12 heteroatoms. The predicted molar refractivity (Wildman–Crippen MR) is 189 cm³/mol. The Hall–Kier alpha value is 0.518. The molecule has 0 aromatic carbocycles. The van der Waals surface area contributed by atoms with Crippen LogP contribution in [0.4, 0.5) is 4.39 Å². The number of halogens is 1. The first-order valence-electron chi connectivity index (χ1n) is 19.0. The Labute approximate surface area is 283 Å². The summed E-state index contributed by atoms with van der Waals surface area (Å²) in [6.07, 6.45) is 18.7. The Kier molecular flexibility index (Phi) is 11.9. The molecule has 3 heterocycles. The average Bonchev–Trinajstić information content (AvgIpc) is 3.88. The molecule has 6 rings (SSSR count). The van der Waals surface area contributed by atoms with E-state index in [2.05, 4.69) is 39.3 Å². The van der Waals surface area contributed by atoms with E-state index < -0.39 is 40.6 Å². The molecular weight excluding hydrogens is 652 g/mol. The summed E-state index contributed by atoms with van der Waals surface area (Å²) in [7, 11) is -9.57. The fraction of sp³-hybridized carbons (Fsp3) is 1.00. The molecule has 9 unspecified atom stereocenters. The van der Waals surface area contributed by atoms with Crippen molar-refractivity contribution < 1.29 is 35.7 Å². The molecule has 0 aromatic heterocycles. The lowest BCUT2D eigenvalue weighted by molar-refractivity contribution is 0.0567. The summed E-state index contributed by atoms with van der Waals surface area (Å²) in [6.45, 7) is 14.0. The van der Waals surface area contributed by atoms with E-state index in [9.17, 15) is 4.39 Å². The quantitative estimate of drug-likeness (QED) is 0.0709. The molecule has 0 radical (unpaired) electrons. The lowest BCUT2D eigenvalue weighted by Crippen LogP contribution is -2.62. The van der Waals surface area contributed by atoms with Crippen molar-refractivity contribution >= 4 is 33.8 Å². The molecule has 0 amide bonds. The van der Waals surface area contributed by atoms with Gasteiger partial charge < -0.3 is 31.3 Å². The van der Waals surface area contributed by atoms with Crippen LogP contribution in [0, 0.1) is 17.8 Å². The maximum absolute atomic E-state index is 13.0. The molecule has 46 heavy (non-hydrogen) atoms. The second kappa shape index (κ2) is 15.0. The molecule has 6 aliphatic rings. The molecule has 0 N–H and O–H groups in total. The molecule has 3 aliphatic heterocycles. The van der Waals surface area contributed by atoms with Gasteiger partial charge in [0.2, 0.25) is 0 Å². The Balaban J connectivity index is 1.14. The smallest absolute Gasteiger partial charge is 0.417 e. The van der Waals surface area contributed by atoms with Crippen molar-refractivity contribution in [3.63, 3.8) is 0 Å². The standard InChI is InChI=1S/C34H65FO7Si4/c1-43(2,19-14-26-8-11-29-32(22-26)37-29)40-46(18-7-17-36-25-35,41-44(3,4)20-15-27-9-12-30-33(23-27)38-30)42-45(5,6)21-16-28-10-13-31-34(24-28)39-31/h26-34H,7-25H2,1-6H3. The molecule has 3 aliphatic carbocycles. The summed E-state index contributed by atoms with van der Waals surface area (Å²) in [5.74, 6) is 2.22. The number of epoxide rings is 3. The fourth-order valence-corrected chi connectivity index (χ4v) is 27.0. The van der Waals surface area contributed by atoms with E-state index in [0.29, 0.717) is 49.7 Å². The average molecular weight is 717 g/mol. The maximum atomic E-state index is 13.0. The molecular formula is C34H65FO7Si4. The van der Waals surface area contributed by atoms with E-state index in [1.807, 2.05) is 0 Å². The fourth-order valence-electron chi connectivity index (χ4n) is 8.98. The van der Waals surface area contributed by atoms with Gasteiger partial charge in [0.05, 0.1) is 36.6 Å². The normalized spacial score (nSPS) is 36.7. The number of ether oxygens (including phenoxy) is 4. The second-order valence-corrected chi connectivity index (χ2v) is 34.1. The molecule has 0 bridgehead atoms. The Morgan fingerprint density at radius 1 is 0.522 bits per heavy atom. The van der Waals surface area contributed by atoms with Crippen LogP contribution in [0.2, 0.25) is 63.5 Å². The summed E-state index contributed by atoms with van der Waals surface area (Å²) in [5.41, 5.74) is 0. The number of fused-ring (bicyclic) bond motifs is 3. The van der Waals surface area contributed by atoms with Crippen molar-refractivity contribution in [3.05, 3.63) is 0 Å². The molecule has 6 fully saturated rings. The molecule has 0 aromatic rings. The summed E-state index contributed by atoms with van der Waals surface area (Å²) in [6, 6.07) is 4.09. The molecule has 7 nitrogen and oxygen atoms in total. The highest BCUT2D eigenvalue weighted by Crippen LogP contribution is 2.45. The van der Waals surface area contributed by atoms with Gasteiger partial charge in [0.15, 0.2) is 31.8 Å². The highest BCUT2D eigenvalue weighted by Gasteiger charge is 2.53. The lowest BCUT2D eigenvalue weighted by atomic mass is 9.88. The van der Waals surface area contributed by atoms with E-state index in [0.717, 1.165) is 41.9 Å². The van der Waals surface area contributed by atoms with Crippen LogP contribution >= 0.6 is 0 Å². The van der Waals surface area contributed by atoms with Gasteiger partial charge in [-0.05, 0) is 139 Å². The zero-order valence-corrected chi connectivity index (χ0v) is 33.9. The largest absolute Gasteiger partial charge is 0.469 e. The minimum Gasteiger partial charge on any atom is -0.417 e. The van der Waals surface area contributed by atoms with Gasteiger partial charge in [-0.15, -0.1) is 0 Å². The zero-order chi connectivity index (χ0) is 32.6.